The van der Waals surface area contributed by atoms with E-state index in [1.165, 1.54) is 0 Å². The smallest absolute Gasteiger partial charge is 0.200 e. The van der Waals surface area contributed by atoms with Gasteiger partial charge in [-0.25, -0.2) is 0 Å². The number of aliphatic hydroxyl groups excluding tert-OH is 1. The Labute approximate surface area is 149 Å². The van der Waals surface area contributed by atoms with Crippen molar-refractivity contribution in [3.63, 3.8) is 0 Å². The summed E-state index contributed by atoms with van der Waals surface area (Å²) >= 11 is 0. The summed E-state index contributed by atoms with van der Waals surface area (Å²) < 4.78 is 11.8. The standard InChI is InChI=1S/C20H36O3Si/c1-15(2)24(16(3)4,17(5)6)23-13-9-12-20(21)18-10-8-11-19(14-18)22-7/h8,10-11,14-17,20-21H,9,12-13H2,1-7H3. The van der Waals surface area contributed by atoms with Crippen LogP contribution in [0.3, 0.4) is 0 Å². The van der Waals surface area contributed by atoms with Gasteiger partial charge in [-0.15, -0.1) is 0 Å². The Hall–Kier alpha value is -0.843. The van der Waals surface area contributed by atoms with Crippen LogP contribution in [0.1, 0.15) is 66.1 Å². The monoisotopic (exact) mass is 352 g/mol. The Bertz CT molecular complexity index is 464. The lowest BCUT2D eigenvalue weighted by atomic mass is 10.1. The zero-order valence-corrected chi connectivity index (χ0v) is 17.5. The van der Waals surface area contributed by atoms with E-state index in [1.54, 1.807) is 7.11 Å². The highest BCUT2D eigenvalue weighted by molar-refractivity contribution is 6.77. The summed E-state index contributed by atoms with van der Waals surface area (Å²) in [6.07, 6.45) is 1.13. The molecule has 0 aliphatic carbocycles. The van der Waals surface area contributed by atoms with Crippen LogP contribution in [-0.2, 0) is 4.43 Å². The maximum absolute atomic E-state index is 10.4. The van der Waals surface area contributed by atoms with E-state index >= 15 is 0 Å². The molecule has 0 spiro atoms. The van der Waals surface area contributed by atoms with Gasteiger partial charge in [0, 0.05) is 6.61 Å². The summed E-state index contributed by atoms with van der Waals surface area (Å²) in [7, 11) is -0.149. The summed E-state index contributed by atoms with van der Waals surface area (Å²) in [5.74, 6) is 0.786. The maximum atomic E-state index is 10.4. The van der Waals surface area contributed by atoms with Gasteiger partial charge < -0.3 is 14.3 Å². The Balaban J connectivity index is 2.59. The fraction of sp³-hybridized carbons (Fsp3) is 0.700. The molecule has 3 nitrogen and oxygen atoms in total. The summed E-state index contributed by atoms with van der Waals surface area (Å²) in [6, 6.07) is 7.67. The molecule has 1 unspecified atom stereocenters. The topological polar surface area (TPSA) is 38.7 Å². The van der Waals surface area contributed by atoms with E-state index in [0.29, 0.717) is 23.0 Å². The van der Waals surface area contributed by atoms with E-state index in [4.69, 9.17) is 9.16 Å². The SMILES string of the molecule is COc1cccc(C(O)CCCO[Si](C(C)C)(C(C)C)C(C)C)c1. The number of ether oxygens (including phenoxy) is 1. The first-order valence-electron chi connectivity index (χ1n) is 9.21. The Kier molecular flexibility index (Phi) is 8.47. The van der Waals surface area contributed by atoms with Crippen LogP contribution >= 0.6 is 0 Å². The van der Waals surface area contributed by atoms with E-state index in [9.17, 15) is 5.11 Å². The number of hydrogen-bond acceptors (Lipinski definition) is 3. The average molecular weight is 353 g/mol. The van der Waals surface area contributed by atoms with Gasteiger partial charge in [-0.1, -0.05) is 53.7 Å². The van der Waals surface area contributed by atoms with Crippen molar-refractivity contribution < 1.29 is 14.3 Å². The first kappa shape index (κ1) is 21.2. The van der Waals surface area contributed by atoms with Crippen LogP contribution in [0.2, 0.25) is 16.6 Å². The fourth-order valence-electron chi connectivity index (χ4n) is 4.04. The molecule has 1 N–H and O–H groups in total. The Morgan fingerprint density at radius 3 is 2.08 bits per heavy atom. The molecule has 24 heavy (non-hydrogen) atoms. The second kappa shape index (κ2) is 9.59. The van der Waals surface area contributed by atoms with Crippen molar-refractivity contribution in [3.05, 3.63) is 29.8 Å². The van der Waals surface area contributed by atoms with Crippen molar-refractivity contribution in [2.75, 3.05) is 13.7 Å². The van der Waals surface area contributed by atoms with Crippen LogP contribution in [-0.4, -0.2) is 27.1 Å². The highest BCUT2D eigenvalue weighted by Gasteiger charge is 2.44. The van der Waals surface area contributed by atoms with Gasteiger partial charge in [-0.3, -0.25) is 0 Å². The predicted molar refractivity (Wildman–Crippen MR) is 104 cm³/mol. The van der Waals surface area contributed by atoms with Gasteiger partial charge in [0.1, 0.15) is 5.75 Å². The van der Waals surface area contributed by atoms with Gasteiger partial charge >= 0.3 is 0 Å². The third-order valence-electron chi connectivity index (χ3n) is 5.16. The van der Waals surface area contributed by atoms with Gasteiger partial charge in [0.05, 0.1) is 13.2 Å². The number of hydrogen-bond donors (Lipinski definition) is 1. The number of rotatable bonds is 10. The minimum atomic E-state index is -1.80. The second-order valence-corrected chi connectivity index (χ2v) is 13.1. The molecule has 0 heterocycles. The van der Waals surface area contributed by atoms with E-state index in [0.717, 1.165) is 24.3 Å². The van der Waals surface area contributed by atoms with E-state index in [-0.39, 0.29) is 0 Å². The molecule has 1 atom stereocenters. The first-order chi connectivity index (χ1) is 11.3. The molecule has 0 amide bonds. The second-order valence-electron chi connectivity index (χ2n) is 7.60. The third-order valence-corrected chi connectivity index (χ3v) is 11.3. The van der Waals surface area contributed by atoms with Gasteiger partial charge in [-0.05, 0) is 47.2 Å². The molecule has 0 saturated carbocycles. The molecular formula is C20H36O3Si. The molecule has 0 fully saturated rings. The molecule has 1 aromatic rings. The van der Waals surface area contributed by atoms with Crippen molar-refractivity contribution in [1.29, 1.82) is 0 Å². The van der Waals surface area contributed by atoms with Crippen molar-refractivity contribution in [3.8, 4) is 5.75 Å². The minimum Gasteiger partial charge on any atom is -0.497 e. The third kappa shape index (κ3) is 5.07. The highest BCUT2D eigenvalue weighted by atomic mass is 28.4. The number of aliphatic hydroxyl groups is 1. The molecule has 4 heteroatoms. The molecule has 1 aromatic carbocycles. The number of benzene rings is 1. The lowest BCUT2D eigenvalue weighted by Gasteiger charge is -2.42. The van der Waals surface area contributed by atoms with Crippen molar-refractivity contribution >= 4 is 8.32 Å². The predicted octanol–water partition coefficient (Wildman–Crippen LogP) is 5.70. The molecule has 0 aromatic heterocycles. The quantitative estimate of drug-likeness (QED) is 0.433. The molecule has 0 saturated heterocycles. The van der Waals surface area contributed by atoms with Crippen LogP contribution in [0, 0.1) is 0 Å². The van der Waals surface area contributed by atoms with E-state index in [1.807, 2.05) is 24.3 Å². The van der Waals surface area contributed by atoms with Crippen molar-refractivity contribution in [2.45, 2.75) is 77.1 Å². The van der Waals surface area contributed by atoms with Gasteiger partial charge in [0.2, 0.25) is 0 Å². The van der Waals surface area contributed by atoms with Crippen molar-refractivity contribution in [2.24, 2.45) is 0 Å². The molecule has 0 aliphatic rings. The highest BCUT2D eigenvalue weighted by Crippen LogP contribution is 2.42. The minimum absolute atomic E-state index is 0.461. The molecule has 0 bridgehead atoms. The Morgan fingerprint density at radius 2 is 1.58 bits per heavy atom. The van der Waals surface area contributed by atoms with Crippen LogP contribution in [0.5, 0.6) is 5.75 Å². The first-order valence-corrected chi connectivity index (χ1v) is 11.4. The van der Waals surface area contributed by atoms with Gasteiger partial charge in [0.25, 0.3) is 0 Å². The average Bonchev–Trinajstić information content (AvgIpc) is 2.53. The lowest BCUT2D eigenvalue weighted by Crippen LogP contribution is -2.47. The van der Waals surface area contributed by atoms with Crippen LogP contribution in [0.15, 0.2) is 24.3 Å². The lowest BCUT2D eigenvalue weighted by molar-refractivity contribution is 0.151. The van der Waals surface area contributed by atoms with Crippen molar-refractivity contribution in [1.82, 2.24) is 0 Å². The van der Waals surface area contributed by atoms with Gasteiger partial charge in [0.15, 0.2) is 8.32 Å². The zero-order valence-electron chi connectivity index (χ0n) is 16.5. The van der Waals surface area contributed by atoms with Crippen LogP contribution < -0.4 is 4.74 Å². The largest absolute Gasteiger partial charge is 0.497 e. The van der Waals surface area contributed by atoms with Gasteiger partial charge in [-0.2, -0.15) is 0 Å². The zero-order chi connectivity index (χ0) is 18.3. The molecule has 0 radical (unpaired) electrons. The summed E-state index contributed by atoms with van der Waals surface area (Å²) in [5, 5.41) is 10.4. The summed E-state index contributed by atoms with van der Waals surface area (Å²) in [5.41, 5.74) is 2.71. The molecule has 1 rings (SSSR count). The van der Waals surface area contributed by atoms with Crippen LogP contribution in [0.25, 0.3) is 0 Å². The Morgan fingerprint density at radius 1 is 1.00 bits per heavy atom. The molecule has 0 aliphatic heterocycles. The fourth-order valence-corrected chi connectivity index (χ4v) is 9.54. The molecule has 138 valence electrons. The van der Waals surface area contributed by atoms with Crippen LogP contribution in [0.4, 0.5) is 0 Å². The summed E-state index contributed by atoms with van der Waals surface area (Å²) in [4.78, 5) is 0. The van der Waals surface area contributed by atoms with E-state index in [2.05, 4.69) is 41.5 Å². The maximum Gasteiger partial charge on any atom is 0.200 e. The number of methoxy groups -OCH3 is 1. The normalized spacial score (nSPS) is 13.8. The van der Waals surface area contributed by atoms with E-state index < -0.39 is 14.4 Å². The summed E-state index contributed by atoms with van der Waals surface area (Å²) in [6.45, 7) is 14.6. The molecular weight excluding hydrogens is 316 g/mol.